The van der Waals surface area contributed by atoms with E-state index in [1.54, 1.807) is 14.1 Å². The van der Waals surface area contributed by atoms with Crippen LogP contribution >= 0.6 is 0 Å². The first kappa shape index (κ1) is 30.4. The third kappa shape index (κ3) is 4.53. The van der Waals surface area contributed by atoms with Gasteiger partial charge in [0.1, 0.15) is 34.4 Å². The SMILES string of the molecule is Cc1cc(CCCc2cc(N(C)C)c3c(c2O)C(O)=C2C(=O)[C@@]4(O)C(O)=C(C(N)=O)C(=O)C(N(C)C)[C@H]4C[C@H]2C3)oc1C. The van der Waals surface area contributed by atoms with Crippen LogP contribution in [0.15, 0.2) is 33.5 Å². The number of aryl methyl sites for hydroxylation is 4. The van der Waals surface area contributed by atoms with Crippen molar-refractivity contribution < 1.29 is 39.2 Å². The van der Waals surface area contributed by atoms with Crippen molar-refractivity contribution >= 4 is 28.9 Å². The Bertz CT molecular complexity index is 1590. The number of benzene rings is 1. The number of hydrogen-bond acceptors (Lipinski definition) is 10. The topological polar surface area (TPSA) is 178 Å². The molecular weight excluding hydrogens is 554 g/mol. The minimum Gasteiger partial charge on any atom is -0.508 e. The predicted molar refractivity (Wildman–Crippen MR) is 159 cm³/mol. The molecule has 1 fully saturated rings. The molecule has 3 aliphatic carbocycles. The van der Waals surface area contributed by atoms with Gasteiger partial charge in [-0.2, -0.15) is 0 Å². The number of likely N-dealkylation sites (N-methyl/N-ethyl adjacent to an activating group) is 1. The lowest BCUT2D eigenvalue weighted by Gasteiger charge is -2.50. The molecule has 1 aromatic carbocycles. The van der Waals surface area contributed by atoms with Crippen molar-refractivity contribution in [2.24, 2.45) is 17.6 Å². The number of fused-ring (bicyclic) bond motifs is 3. The summed E-state index contributed by atoms with van der Waals surface area (Å²) in [6.07, 6.45) is 2.04. The van der Waals surface area contributed by atoms with Gasteiger partial charge < -0.3 is 35.5 Å². The summed E-state index contributed by atoms with van der Waals surface area (Å²) in [6, 6.07) is 2.75. The summed E-state index contributed by atoms with van der Waals surface area (Å²) in [6.45, 7) is 3.88. The van der Waals surface area contributed by atoms with E-state index >= 15 is 0 Å². The van der Waals surface area contributed by atoms with Gasteiger partial charge in [0.2, 0.25) is 5.78 Å². The number of nitrogens with zero attached hydrogens (tertiary/aromatic N) is 2. The number of aromatic hydroxyl groups is 1. The second kappa shape index (κ2) is 10.6. The molecule has 0 bridgehead atoms. The van der Waals surface area contributed by atoms with Gasteiger partial charge in [0.25, 0.3) is 5.91 Å². The lowest BCUT2D eigenvalue weighted by molar-refractivity contribution is -0.153. The molecule has 1 amide bonds. The van der Waals surface area contributed by atoms with E-state index in [1.165, 1.54) is 4.90 Å². The maximum absolute atomic E-state index is 14.1. The lowest BCUT2D eigenvalue weighted by Crippen LogP contribution is -2.65. The number of aliphatic hydroxyl groups is 3. The number of hydrogen-bond donors (Lipinski definition) is 5. The number of Topliss-reactive ketones (excluding diaryl/α,β-unsaturated/α-hetero) is 2. The van der Waals surface area contributed by atoms with Gasteiger partial charge in [0, 0.05) is 37.7 Å². The quantitative estimate of drug-likeness (QED) is 0.300. The fraction of sp³-hybridized carbons (Fsp3) is 0.469. The number of rotatable bonds is 7. The normalized spacial score (nSPS) is 25.2. The summed E-state index contributed by atoms with van der Waals surface area (Å²) < 4.78 is 5.78. The van der Waals surface area contributed by atoms with Crippen LogP contribution in [0.4, 0.5) is 5.69 Å². The number of phenolic OH excluding ortho intramolecular Hbond substituents is 1. The van der Waals surface area contributed by atoms with E-state index in [1.807, 2.05) is 45.0 Å². The number of anilines is 1. The molecule has 0 saturated heterocycles. The van der Waals surface area contributed by atoms with Crippen molar-refractivity contribution in [2.45, 2.75) is 57.6 Å². The van der Waals surface area contributed by atoms with Gasteiger partial charge in [-0.25, -0.2) is 0 Å². The molecule has 5 rings (SSSR count). The van der Waals surface area contributed by atoms with E-state index in [0.29, 0.717) is 30.4 Å². The number of furan rings is 1. The minimum atomic E-state index is -2.67. The van der Waals surface area contributed by atoms with Crippen molar-refractivity contribution in [3.8, 4) is 5.75 Å². The van der Waals surface area contributed by atoms with Crippen molar-refractivity contribution in [3.05, 3.63) is 62.8 Å². The first-order valence-corrected chi connectivity index (χ1v) is 14.4. The first-order valence-electron chi connectivity index (χ1n) is 14.4. The molecule has 43 heavy (non-hydrogen) atoms. The number of ketones is 2. The second-order valence-electron chi connectivity index (χ2n) is 12.4. The molecule has 1 unspecified atom stereocenters. The van der Waals surface area contributed by atoms with Gasteiger partial charge in [0.15, 0.2) is 11.4 Å². The molecule has 3 aliphatic rings. The standard InChI is InChI=1S/C32H39N3O8/c1-14-10-18(43-15(14)2)9-7-8-16-13-21(34(3)4)19-11-17-12-20-25(35(5)6)28(38)24(31(33)41)30(40)32(20,42)29(39)22(17)27(37)23(19)26(16)36/h10,13,17,20,25,36-37,40,42H,7-9,11-12H2,1-6H3,(H2,33,41)/t17-,20-,25?,32-/m1/s1. The van der Waals surface area contributed by atoms with E-state index in [4.69, 9.17) is 10.2 Å². The molecule has 230 valence electrons. The van der Waals surface area contributed by atoms with Gasteiger partial charge in [-0.3, -0.25) is 19.3 Å². The summed E-state index contributed by atoms with van der Waals surface area (Å²) in [5.74, 6) is -4.86. The van der Waals surface area contributed by atoms with Crippen molar-refractivity contribution in [1.29, 1.82) is 0 Å². The van der Waals surface area contributed by atoms with Gasteiger partial charge in [0.05, 0.1) is 11.6 Å². The first-order chi connectivity index (χ1) is 20.1. The van der Waals surface area contributed by atoms with Crippen molar-refractivity contribution in [2.75, 3.05) is 33.1 Å². The minimum absolute atomic E-state index is 0.0448. The van der Waals surface area contributed by atoms with Crippen LogP contribution < -0.4 is 10.6 Å². The Morgan fingerprint density at radius 3 is 2.33 bits per heavy atom. The fourth-order valence-corrected chi connectivity index (χ4v) is 7.16. The summed E-state index contributed by atoms with van der Waals surface area (Å²) >= 11 is 0. The molecule has 1 saturated carbocycles. The van der Waals surface area contributed by atoms with Crippen LogP contribution in [-0.2, 0) is 33.6 Å². The highest BCUT2D eigenvalue weighted by atomic mass is 16.4. The molecule has 0 aliphatic heterocycles. The zero-order valence-corrected chi connectivity index (χ0v) is 25.3. The van der Waals surface area contributed by atoms with Gasteiger partial charge in [-0.15, -0.1) is 0 Å². The molecule has 11 heteroatoms. The number of primary amides is 1. The van der Waals surface area contributed by atoms with Crippen LogP contribution in [0.2, 0.25) is 0 Å². The lowest BCUT2D eigenvalue weighted by atomic mass is 9.57. The van der Waals surface area contributed by atoms with E-state index in [-0.39, 0.29) is 29.7 Å². The van der Waals surface area contributed by atoms with Crippen LogP contribution in [0, 0.1) is 25.7 Å². The Labute approximate surface area is 249 Å². The predicted octanol–water partition coefficient (Wildman–Crippen LogP) is 2.42. The van der Waals surface area contributed by atoms with Crippen molar-refractivity contribution in [3.63, 3.8) is 0 Å². The highest BCUT2D eigenvalue weighted by Crippen LogP contribution is 2.54. The molecule has 1 aromatic heterocycles. The Kier molecular flexibility index (Phi) is 7.46. The Morgan fingerprint density at radius 1 is 1.09 bits per heavy atom. The average molecular weight is 594 g/mol. The monoisotopic (exact) mass is 593 g/mol. The highest BCUT2D eigenvalue weighted by Gasteiger charge is 2.64. The number of nitrogens with two attached hydrogens (primary N) is 1. The van der Waals surface area contributed by atoms with Crippen LogP contribution in [0.5, 0.6) is 5.75 Å². The van der Waals surface area contributed by atoms with Crippen LogP contribution in [0.25, 0.3) is 5.76 Å². The van der Waals surface area contributed by atoms with E-state index in [0.717, 1.165) is 22.8 Å². The maximum atomic E-state index is 14.1. The molecule has 4 atom stereocenters. The Balaban J connectivity index is 1.61. The molecule has 6 N–H and O–H groups in total. The number of aliphatic hydroxyl groups excluding tert-OH is 2. The van der Waals surface area contributed by atoms with E-state index < -0.39 is 58.0 Å². The Morgan fingerprint density at radius 2 is 1.77 bits per heavy atom. The number of amides is 1. The van der Waals surface area contributed by atoms with Gasteiger partial charge in [-0.1, -0.05) is 0 Å². The summed E-state index contributed by atoms with van der Waals surface area (Å²) in [4.78, 5) is 42.9. The zero-order valence-electron chi connectivity index (χ0n) is 25.3. The number of carbonyl (C=O) groups is 3. The molecule has 0 spiro atoms. The fourth-order valence-electron chi connectivity index (χ4n) is 7.16. The van der Waals surface area contributed by atoms with Crippen LogP contribution in [0.3, 0.4) is 0 Å². The third-order valence-electron chi connectivity index (χ3n) is 9.34. The van der Waals surface area contributed by atoms with E-state index in [9.17, 15) is 34.8 Å². The maximum Gasteiger partial charge on any atom is 0.255 e. The average Bonchev–Trinajstić information content (AvgIpc) is 3.23. The number of phenols is 1. The molecule has 11 nitrogen and oxygen atoms in total. The largest absolute Gasteiger partial charge is 0.508 e. The zero-order chi connectivity index (χ0) is 31.7. The highest BCUT2D eigenvalue weighted by molar-refractivity contribution is 6.24. The molecular formula is C32H39N3O8. The molecule has 2 aromatic rings. The van der Waals surface area contributed by atoms with Gasteiger partial charge >= 0.3 is 0 Å². The second-order valence-corrected chi connectivity index (χ2v) is 12.4. The summed E-state index contributed by atoms with van der Waals surface area (Å²) in [5.41, 5.74) is 4.88. The third-order valence-corrected chi connectivity index (χ3v) is 9.34. The van der Waals surface area contributed by atoms with E-state index in [2.05, 4.69) is 0 Å². The van der Waals surface area contributed by atoms with Gasteiger partial charge in [-0.05, 0) is 88.4 Å². The van der Waals surface area contributed by atoms with Crippen molar-refractivity contribution in [1.82, 2.24) is 4.90 Å². The molecule has 1 heterocycles. The smallest absolute Gasteiger partial charge is 0.255 e. The summed E-state index contributed by atoms with van der Waals surface area (Å²) in [7, 11) is 6.85. The number of carbonyl (C=O) groups excluding carboxylic acids is 3. The van der Waals surface area contributed by atoms with Crippen LogP contribution in [0.1, 0.15) is 46.6 Å². The van der Waals surface area contributed by atoms with Crippen LogP contribution in [-0.4, -0.2) is 82.6 Å². The Hall–Kier alpha value is -4.09. The summed E-state index contributed by atoms with van der Waals surface area (Å²) in [5, 5.41) is 46.0. The molecule has 0 radical (unpaired) electrons.